The lowest BCUT2D eigenvalue weighted by Crippen LogP contribution is -2.05. The molecule has 0 fully saturated rings. The van der Waals surface area contributed by atoms with Gasteiger partial charge >= 0.3 is 12.4 Å². The summed E-state index contributed by atoms with van der Waals surface area (Å²) in [5, 5.41) is 25.0. The standard InChI is InChI=1S/C19H13F3N4.C18H13ClN4.C18H11F3N4.C18H12F2N4.2C17H9F3N4/c1-12-4-5-14(19(20,21)22)10-16(12)18-15(3-2-7-23-18)13-6-8-26-17(9-13)24-11-25-26;1-12-4-5-16(19)15(9-12)18-14(3-2-7-20-18)13-6-8-23-17(10-13)21-11-22-23;19-18(20,21)14-4-1-3-13(9-14)17-15(5-2-7-22-17)12-6-8-25-16(10-12)23-11-24-25;1-11-7-15(19)16(20)9-14(11)18-13(3-2-5-21-18)12-4-6-24-17(8-12)22-10-23-24;18-13-6-11(7-14(19)16(13)20)17-12(2-1-4-21-17)10-3-5-24-15(8-10)22-9-23-24;18-13-8-15(20)14(19)7-12(13)17-11(2-1-4-21-17)10-3-5-24-16(6-10)22-9-23-24/h2-11H,1H3;2-11H,1H3;1-11H;2-10H,1H3;2*1-9H. The van der Waals surface area contributed by atoms with E-state index in [4.69, 9.17) is 11.6 Å². The Hall–Kier alpha value is -18.8. The first kappa shape index (κ1) is 96.1. The van der Waals surface area contributed by atoms with Gasteiger partial charge in [0, 0.05) is 152 Å². The Labute approximate surface area is 821 Å². The minimum absolute atomic E-state index is 0.106. The van der Waals surface area contributed by atoms with E-state index in [1.165, 1.54) is 68.3 Å². The number of benzene rings is 6. The minimum atomic E-state index is -4.40. The summed E-state index contributed by atoms with van der Waals surface area (Å²) in [7, 11) is 0. The molecule has 24 nitrogen and oxygen atoms in total. The van der Waals surface area contributed by atoms with E-state index in [2.05, 4.69) is 96.5 Å². The molecular formula is C107H67ClF14N24. The maximum atomic E-state index is 14.1. The molecule has 0 aliphatic rings. The van der Waals surface area contributed by atoms with Gasteiger partial charge in [0.2, 0.25) is 0 Å². The normalized spacial score (nSPS) is 11.4. The molecule has 0 bridgehead atoms. The van der Waals surface area contributed by atoms with Crippen molar-refractivity contribution in [1.82, 2.24) is 117 Å². The molecule has 720 valence electrons. The van der Waals surface area contributed by atoms with E-state index in [-0.39, 0.29) is 16.8 Å². The van der Waals surface area contributed by atoms with Gasteiger partial charge in [-0.15, -0.1) is 0 Å². The van der Waals surface area contributed by atoms with Crippen molar-refractivity contribution < 1.29 is 61.5 Å². The highest BCUT2D eigenvalue weighted by molar-refractivity contribution is 6.33. The topological polar surface area (TPSA) is 258 Å². The zero-order valence-electron chi connectivity index (χ0n) is 75.9. The van der Waals surface area contributed by atoms with Crippen molar-refractivity contribution in [3.8, 4) is 134 Å². The lowest BCUT2D eigenvalue weighted by atomic mass is 9.95. The van der Waals surface area contributed by atoms with Crippen LogP contribution in [0.5, 0.6) is 0 Å². The first-order valence-corrected chi connectivity index (χ1v) is 44.3. The third-order valence-electron chi connectivity index (χ3n) is 23.1. The molecule has 0 saturated heterocycles. The van der Waals surface area contributed by atoms with Crippen LogP contribution in [-0.4, -0.2) is 117 Å². The first-order valence-electron chi connectivity index (χ1n) is 43.9. The van der Waals surface area contributed by atoms with Gasteiger partial charge < -0.3 is 0 Å². The fraction of sp³-hybridized carbons (Fsp3) is 0.0467. The third-order valence-corrected chi connectivity index (χ3v) is 23.4. The van der Waals surface area contributed by atoms with Crippen LogP contribution < -0.4 is 0 Å². The summed E-state index contributed by atoms with van der Waals surface area (Å²) in [5.74, 6) is -9.00. The van der Waals surface area contributed by atoms with Crippen molar-refractivity contribution in [3.05, 3.63) is 434 Å². The molecule has 0 radical (unpaired) electrons. The van der Waals surface area contributed by atoms with Crippen molar-refractivity contribution >= 4 is 45.5 Å². The summed E-state index contributed by atoms with van der Waals surface area (Å²) in [6.07, 6.45) is 20.1. The Morgan fingerprint density at radius 2 is 0.527 bits per heavy atom. The molecule has 0 N–H and O–H groups in total. The predicted molar refractivity (Wildman–Crippen MR) is 519 cm³/mol. The van der Waals surface area contributed by atoms with Crippen LogP contribution in [0.1, 0.15) is 27.8 Å². The number of fused-ring (bicyclic) bond motifs is 6. The Bertz CT molecular complexity index is 8800. The van der Waals surface area contributed by atoms with Crippen molar-refractivity contribution in [2.45, 2.75) is 33.1 Å². The maximum absolute atomic E-state index is 14.1. The van der Waals surface area contributed by atoms with E-state index in [0.717, 1.165) is 121 Å². The molecule has 6 aromatic carbocycles. The summed E-state index contributed by atoms with van der Waals surface area (Å²) in [6, 6.07) is 64.3. The van der Waals surface area contributed by atoms with Crippen molar-refractivity contribution in [2.24, 2.45) is 0 Å². The van der Waals surface area contributed by atoms with Gasteiger partial charge in [0.25, 0.3) is 0 Å². The molecule has 0 atom stereocenters. The Balaban J connectivity index is 0.000000111. The van der Waals surface area contributed by atoms with Gasteiger partial charge in [0.15, 0.2) is 74.6 Å². The molecule has 146 heavy (non-hydrogen) atoms. The van der Waals surface area contributed by atoms with Crippen molar-refractivity contribution in [1.29, 1.82) is 0 Å². The Morgan fingerprint density at radius 1 is 0.219 bits per heavy atom. The summed E-state index contributed by atoms with van der Waals surface area (Å²) in [4.78, 5) is 50.9. The second-order valence-electron chi connectivity index (χ2n) is 32.4. The highest BCUT2D eigenvalue weighted by Gasteiger charge is 2.33. The quantitative estimate of drug-likeness (QED) is 0.0625. The van der Waals surface area contributed by atoms with Crippen LogP contribution in [0.25, 0.3) is 168 Å². The van der Waals surface area contributed by atoms with Crippen LogP contribution in [0.15, 0.2) is 355 Å². The van der Waals surface area contributed by atoms with Crippen LogP contribution in [0.2, 0.25) is 5.02 Å². The van der Waals surface area contributed by atoms with E-state index in [1.807, 2.05) is 110 Å². The van der Waals surface area contributed by atoms with Gasteiger partial charge in [0.05, 0.1) is 45.3 Å². The Kier molecular flexibility index (Phi) is 27.1. The molecular weight excluding hydrogens is 1920 g/mol. The van der Waals surface area contributed by atoms with Gasteiger partial charge in [-0.2, -0.15) is 56.9 Å². The van der Waals surface area contributed by atoms with Gasteiger partial charge in [-0.25, -0.2) is 92.1 Å². The molecule has 0 amide bonds. The van der Waals surface area contributed by atoms with E-state index < -0.39 is 70.0 Å². The van der Waals surface area contributed by atoms with E-state index in [1.54, 1.807) is 170 Å². The fourth-order valence-corrected chi connectivity index (χ4v) is 16.3. The van der Waals surface area contributed by atoms with E-state index >= 15 is 0 Å². The average molecular weight is 1990 g/mol. The van der Waals surface area contributed by atoms with Crippen LogP contribution in [0, 0.1) is 67.3 Å². The molecule has 0 spiro atoms. The first-order chi connectivity index (χ1) is 70.6. The summed E-state index contributed by atoms with van der Waals surface area (Å²) >= 11 is 6.40. The number of hydrogen-bond donors (Lipinski definition) is 0. The number of rotatable bonds is 12. The SMILES string of the molecule is Cc1cc(F)c(F)cc1-c1ncccc1-c1ccn2ncnc2c1.Cc1ccc(C(F)(F)F)cc1-c1ncccc1-c1ccn2ncnc2c1.Cc1ccc(Cl)c(-c2ncccc2-c2ccn3ncnc3c2)c1.FC(F)(F)c1cccc(-c2ncccc2-c2ccn3ncnc3c2)c1.Fc1cc(-c2ncccc2-c2ccn3ncnc3c2)cc(F)c1F.Fc1cc(F)c(-c2ncccc2-c2ccn3ncnc3c2)cc1F. The molecule has 18 heterocycles. The summed E-state index contributed by atoms with van der Waals surface area (Å²) in [6.45, 7) is 5.55. The van der Waals surface area contributed by atoms with Gasteiger partial charge in [-0.1, -0.05) is 77.8 Å². The average Bonchev–Trinajstić information content (AvgIpc) is 1.12. The summed E-state index contributed by atoms with van der Waals surface area (Å²) < 4.78 is 197. The lowest BCUT2D eigenvalue weighted by molar-refractivity contribution is -0.138. The highest BCUT2D eigenvalue weighted by atomic mass is 35.5. The molecule has 0 aliphatic carbocycles. The monoisotopic (exact) mass is 1990 g/mol. The third kappa shape index (κ3) is 20.8. The van der Waals surface area contributed by atoms with Crippen LogP contribution in [0.4, 0.5) is 61.5 Å². The van der Waals surface area contributed by atoms with Crippen LogP contribution in [0.3, 0.4) is 0 Å². The zero-order valence-corrected chi connectivity index (χ0v) is 76.6. The van der Waals surface area contributed by atoms with Crippen molar-refractivity contribution in [3.63, 3.8) is 0 Å². The largest absolute Gasteiger partial charge is 0.416 e. The zero-order chi connectivity index (χ0) is 102. The second kappa shape index (κ2) is 41.2. The summed E-state index contributed by atoms with van der Waals surface area (Å²) in [5.41, 5.74) is 20.1. The minimum Gasteiger partial charge on any atom is -0.256 e. The molecule has 18 aromatic heterocycles. The van der Waals surface area contributed by atoms with E-state index in [0.29, 0.717) is 101 Å². The second-order valence-corrected chi connectivity index (χ2v) is 32.8. The van der Waals surface area contributed by atoms with Crippen LogP contribution >= 0.6 is 11.6 Å². The molecule has 39 heteroatoms. The number of aromatic nitrogens is 24. The molecule has 0 saturated carbocycles. The number of nitrogens with zero attached hydrogens (tertiary/aromatic N) is 24. The number of alkyl halides is 6. The highest BCUT2D eigenvalue weighted by Crippen LogP contribution is 2.43. The van der Waals surface area contributed by atoms with Gasteiger partial charge in [0.1, 0.15) is 43.8 Å². The number of hydrogen-bond acceptors (Lipinski definition) is 18. The smallest absolute Gasteiger partial charge is 0.256 e. The van der Waals surface area contributed by atoms with Crippen molar-refractivity contribution in [2.75, 3.05) is 0 Å². The number of aryl methyl sites for hydroxylation is 3. The van der Waals surface area contributed by atoms with Gasteiger partial charge in [-0.3, -0.25) is 29.9 Å². The fourth-order valence-electron chi connectivity index (χ4n) is 16.1. The van der Waals surface area contributed by atoms with E-state index in [9.17, 15) is 61.5 Å². The van der Waals surface area contributed by atoms with Crippen LogP contribution in [-0.2, 0) is 12.4 Å². The molecule has 24 rings (SSSR count). The Morgan fingerprint density at radius 3 is 0.897 bits per heavy atom. The predicted octanol–water partition coefficient (Wildman–Crippen LogP) is 25.5. The number of halogens is 15. The van der Waals surface area contributed by atoms with Gasteiger partial charge in [-0.05, 0) is 241 Å². The maximum Gasteiger partial charge on any atom is 0.416 e. The molecule has 0 aliphatic heterocycles. The molecule has 0 unspecified atom stereocenters. The lowest BCUT2D eigenvalue weighted by Gasteiger charge is -2.14. The number of pyridine rings is 12. The molecule has 24 aromatic rings.